The van der Waals surface area contributed by atoms with Crippen molar-refractivity contribution < 1.29 is 0 Å². The van der Waals surface area contributed by atoms with Gasteiger partial charge in [0.2, 0.25) is 0 Å². The van der Waals surface area contributed by atoms with E-state index in [1.807, 2.05) is 15.9 Å². The second-order valence-electron chi connectivity index (χ2n) is 12.3. The third-order valence-corrected chi connectivity index (χ3v) is 10.1. The van der Waals surface area contributed by atoms with Gasteiger partial charge in [0.05, 0.1) is 5.69 Å². The van der Waals surface area contributed by atoms with Crippen molar-refractivity contribution in [2.75, 3.05) is 13.1 Å². The van der Waals surface area contributed by atoms with Gasteiger partial charge < -0.3 is 4.98 Å². The van der Waals surface area contributed by atoms with Crippen molar-refractivity contribution in [2.45, 2.75) is 92.0 Å². The molecule has 5 nitrogen and oxygen atoms in total. The van der Waals surface area contributed by atoms with Crippen LogP contribution in [-0.4, -0.2) is 43.6 Å². The number of nitrogens with zero attached hydrogens (tertiary/aromatic N) is 4. The number of pyridine rings is 1. The summed E-state index contributed by atoms with van der Waals surface area (Å²) in [6, 6.07) is 0.806. The molecule has 1 aliphatic heterocycles. The lowest BCUT2D eigenvalue weighted by Gasteiger charge is -2.51. The Hall–Kier alpha value is -2.18. The summed E-state index contributed by atoms with van der Waals surface area (Å²) < 4.78 is 1.92. The first kappa shape index (κ1) is 23.2. The summed E-state index contributed by atoms with van der Waals surface area (Å²) in [5.41, 5.74) is 9.44. The fraction of sp³-hybridized carbons (Fsp3) is 0.586. The third kappa shape index (κ3) is 3.67. The molecule has 6 heteroatoms. The van der Waals surface area contributed by atoms with Crippen molar-refractivity contribution in [3.8, 4) is 11.3 Å². The first-order chi connectivity index (χ1) is 16.6. The molecule has 35 heavy (non-hydrogen) atoms. The van der Waals surface area contributed by atoms with Crippen molar-refractivity contribution in [2.24, 2.45) is 5.41 Å². The number of fused-ring (bicyclic) bond motifs is 2. The van der Waals surface area contributed by atoms with Crippen LogP contribution in [0, 0.1) is 26.2 Å². The SMILES string of the molecule is Cc1c(-c2[nH]c3sc(C4CCC(N5CC(C)(C)C5)CC4)c(C)c3c2C(C)C)cn2ncnc2c1C. The molecule has 4 aromatic heterocycles. The molecule has 4 aromatic rings. The summed E-state index contributed by atoms with van der Waals surface area (Å²) in [6.45, 7) is 18.8. The second-order valence-corrected chi connectivity index (χ2v) is 13.3. The summed E-state index contributed by atoms with van der Waals surface area (Å²) >= 11 is 2.02. The van der Waals surface area contributed by atoms with Gasteiger partial charge in [-0.1, -0.05) is 27.7 Å². The summed E-state index contributed by atoms with van der Waals surface area (Å²) in [4.78, 5) is 14.1. The van der Waals surface area contributed by atoms with E-state index < -0.39 is 0 Å². The van der Waals surface area contributed by atoms with E-state index in [0.29, 0.717) is 17.3 Å². The molecule has 2 fully saturated rings. The van der Waals surface area contributed by atoms with Gasteiger partial charge in [-0.2, -0.15) is 5.10 Å². The van der Waals surface area contributed by atoms with Crippen LogP contribution < -0.4 is 0 Å². The summed E-state index contributed by atoms with van der Waals surface area (Å²) in [5.74, 6) is 1.15. The quantitative estimate of drug-likeness (QED) is 0.326. The Labute approximate surface area is 212 Å². The summed E-state index contributed by atoms with van der Waals surface area (Å²) in [7, 11) is 0. The molecule has 0 radical (unpaired) electrons. The summed E-state index contributed by atoms with van der Waals surface area (Å²) in [6.07, 6.45) is 9.17. The van der Waals surface area contributed by atoms with Gasteiger partial charge >= 0.3 is 0 Å². The van der Waals surface area contributed by atoms with Gasteiger partial charge in [0.25, 0.3) is 0 Å². The number of aromatic nitrogens is 4. The molecular formula is C29H39N5S. The van der Waals surface area contributed by atoms with Crippen molar-refractivity contribution in [3.63, 3.8) is 0 Å². The minimum absolute atomic E-state index is 0.441. The Morgan fingerprint density at radius 3 is 2.40 bits per heavy atom. The van der Waals surface area contributed by atoms with E-state index in [4.69, 9.17) is 0 Å². The van der Waals surface area contributed by atoms with Crippen molar-refractivity contribution >= 4 is 27.2 Å². The lowest BCUT2D eigenvalue weighted by Crippen LogP contribution is -2.57. The molecule has 0 unspecified atom stereocenters. The smallest absolute Gasteiger partial charge is 0.158 e. The highest BCUT2D eigenvalue weighted by Crippen LogP contribution is 2.48. The average Bonchev–Trinajstić information content (AvgIpc) is 3.49. The van der Waals surface area contributed by atoms with Crippen LogP contribution in [0.3, 0.4) is 0 Å². The monoisotopic (exact) mass is 489 g/mol. The average molecular weight is 490 g/mol. The predicted molar refractivity (Wildman–Crippen MR) is 147 cm³/mol. The molecule has 1 saturated heterocycles. The van der Waals surface area contributed by atoms with E-state index in [1.54, 1.807) is 11.2 Å². The Balaban J connectivity index is 1.34. The van der Waals surface area contributed by atoms with Crippen LogP contribution in [0.2, 0.25) is 0 Å². The zero-order valence-electron chi connectivity index (χ0n) is 22.3. The first-order valence-corrected chi connectivity index (χ1v) is 14.1. The molecule has 186 valence electrons. The van der Waals surface area contributed by atoms with Gasteiger partial charge in [-0.05, 0) is 86.0 Å². The van der Waals surface area contributed by atoms with Gasteiger partial charge in [-0.15, -0.1) is 11.3 Å². The number of H-pyrrole nitrogens is 1. The summed E-state index contributed by atoms with van der Waals surface area (Å²) in [5, 5.41) is 5.91. The van der Waals surface area contributed by atoms with E-state index in [0.717, 1.165) is 11.7 Å². The molecular weight excluding hydrogens is 450 g/mol. The van der Waals surface area contributed by atoms with E-state index in [9.17, 15) is 0 Å². The topological polar surface area (TPSA) is 49.2 Å². The molecule has 1 N–H and O–H groups in total. The number of aryl methyl sites for hydroxylation is 2. The van der Waals surface area contributed by atoms with Crippen LogP contribution in [0.25, 0.3) is 27.1 Å². The highest BCUT2D eigenvalue weighted by molar-refractivity contribution is 7.19. The van der Waals surface area contributed by atoms with E-state index in [2.05, 4.69) is 74.6 Å². The van der Waals surface area contributed by atoms with Gasteiger partial charge in [-0.3, -0.25) is 4.90 Å². The fourth-order valence-corrected chi connectivity index (χ4v) is 8.29. The molecule has 1 saturated carbocycles. The highest BCUT2D eigenvalue weighted by Gasteiger charge is 2.39. The van der Waals surface area contributed by atoms with Gasteiger partial charge in [0.1, 0.15) is 11.2 Å². The molecule has 0 amide bonds. The number of nitrogens with one attached hydrogen (secondary N) is 1. The predicted octanol–water partition coefficient (Wildman–Crippen LogP) is 7.36. The third-order valence-electron chi connectivity index (χ3n) is 8.78. The number of aromatic amines is 1. The standard InChI is InChI=1S/C29H39N5S/c1-16(2)23-24-19(5)26(20-8-10-21(11-9-20)33-13-29(6,7)14-33)35-28(24)32-25(23)22-12-34-27(30-15-31-34)18(4)17(22)3/h12,15-16,20-21,32H,8-11,13-14H2,1-7H3. The van der Waals surface area contributed by atoms with Crippen LogP contribution >= 0.6 is 11.3 Å². The molecule has 5 heterocycles. The molecule has 2 aliphatic rings. The second kappa shape index (κ2) is 8.17. The van der Waals surface area contributed by atoms with Crippen LogP contribution in [0.5, 0.6) is 0 Å². The van der Waals surface area contributed by atoms with Crippen molar-refractivity contribution in [3.05, 3.63) is 39.7 Å². The number of rotatable bonds is 4. The maximum atomic E-state index is 4.45. The van der Waals surface area contributed by atoms with Crippen molar-refractivity contribution in [1.29, 1.82) is 0 Å². The van der Waals surface area contributed by atoms with Crippen LogP contribution in [0.15, 0.2) is 12.5 Å². The number of hydrogen-bond donors (Lipinski definition) is 1. The molecule has 1 aliphatic carbocycles. The molecule has 6 rings (SSSR count). The molecule has 0 bridgehead atoms. The van der Waals surface area contributed by atoms with Crippen molar-refractivity contribution in [1.82, 2.24) is 24.5 Å². The fourth-order valence-electron chi connectivity index (χ4n) is 6.90. The van der Waals surface area contributed by atoms with Crippen LogP contribution in [0.1, 0.15) is 92.3 Å². The van der Waals surface area contributed by atoms with Gasteiger partial charge in [0.15, 0.2) is 5.65 Å². The lowest BCUT2D eigenvalue weighted by molar-refractivity contribution is -0.0191. The van der Waals surface area contributed by atoms with Crippen LogP contribution in [0.4, 0.5) is 0 Å². The maximum Gasteiger partial charge on any atom is 0.158 e. The van der Waals surface area contributed by atoms with E-state index in [1.165, 1.54) is 82.5 Å². The molecule has 0 aromatic carbocycles. The largest absolute Gasteiger partial charge is 0.346 e. The van der Waals surface area contributed by atoms with E-state index in [-0.39, 0.29) is 0 Å². The van der Waals surface area contributed by atoms with Crippen LogP contribution in [-0.2, 0) is 0 Å². The Bertz CT molecular complexity index is 1400. The number of hydrogen-bond acceptors (Lipinski definition) is 4. The Kier molecular flexibility index (Phi) is 5.42. The lowest BCUT2D eigenvalue weighted by atomic mass is 9.78. The first-order valence-electron chi connectivity index (χ1n) is 13.3. The number of thiophene rings is 1. The van der Waals surface area contributed by atoms with Gasteiger partial charge in [-0.25, -0.2) is 9.50 Å². The molecule has 0 spiro atoms. The van der Waals surface area contributed by atoms with E-state index >= 15 is 0 Å². The zero-order chi connectivity index (χ0) is 24.6. The normalized spacial score (nSPS) is 23.0. The minimum atomic E-state index is 0.441. The zero-order valence-corrected chi connectivity index (χ0v) is 23.1. The number of likely N-dealkylation sites (tertiary alicyclic amines) is 1. The minimum Gasteiger partial charge on any atom is -0.346 e. The Morgan fingerprint density at radius 1 is 1.03 bits per heavy atom. The van der Waals surface area contributed by atoms with Gasteiger partial charge in [0, 0.05) is 41.2 Å². The Morgan fingerprint density at radius 2 is 1.74 bits per heavy atom. The highest BCUT2D eigenvalue weighted by atomic mass is 32.1. The maximum absolute atomic E-state index is 4.45. The molecule has 0 atom stereocenters.